The highest BCUT2D eigenvalue weighted by atomic mass is 16.7. The van der Waals surface area contributed by atoms with Gasteiger partial charge in [0.25, 0.3) is 0 Å². The smallest absolute Gasteiger partial charge is 0.220 e. The summed E-state index contributed by atoms with van der Waals surface area (Å²) in [6.07, 6.45) is 3.81. The molecule has 2 aliphatic heterocycles. The summed E-state index contributed by atoms with van der Waals surface area (Å²) in [5, 5.41) is 15.5. The fourth-order valence-corrected chi connectivity index (χ4v) is 7.33. The average molecular weight is 736 g/mol. The summed E-state index contributed by atoms with van der Waals surface area (Å²) in [7, 11) is 3.34. The molecule has 286 valence electrons. The number of aliphatic hydroxyl groups excluding tert-OH is 1. The second-order valence-electron chi connectivity index (χ2n) is 14.2. The molecule has 0 saturated carbocycles. The molecule has 10 nitrogen and oxygen atoms in total. The van der Waals surface area contributed by atoms with E-state index in [9.17, 15) is 14.7 Å². The molecule has 0 aliphatic carbocycles. The van der Waals surface area contributed by atoms with E-state index in [1.807, 2.05) is 42.5 Å². The maximum atomic E-state index is 12.6. The minimum absolute atomic E-state index is 0.00275. The molecule has 2 heterocycles. The number of hydrogen-bond donors (Lipinski definition) is 3. The van der Waals surface area contributed by atoms with Crippen molar-refractivity contribution in [2.75, 3.05) is 33.9 Å². The zero-order chi connectivity index (χ0) is 37.9. The standard InChI is InChI=1S/C44H53N3O7/c1-30(49)45-21-8-4-5-11-43(50)46-26-36-9-6-7-10-39(36)32-16-18-34(19-17-32)44-53-38(25-40(54-44)33-14-12-31(29-48)13-15-33)28-47-22-20-35-23-41(51-2)42(52-3)24-37(35)27-47/h6-7,9-10,12-19,23-24,38,40,44,48H,4-5,8,11,20-22,25-29H2,1-3H3,(H,45,49)(H,46,50)/t38-,40+,44+/m1/s1. The number of benzene rings is 4. The van der Waals surface area contributed by atoms with Crippen molar-refractivity contribution in [3.8, 4) is 22.6 Å². The van der Waals surface area contributed by atoms with Crippen LogP contribution in [0.5, 0.6) is 11.5 Å². The summed E-state index contributed by atoms with van der Waals surface area (Å²) in [6, 6.07) is 28.6. The minimum atomic E-state index is -0.561. The first-order valence-corrected chi connectivity index (χ1v) is 19.0. The van der Waals surface area contributed by atoms with Gasteiger partial charge in [-0.1, -0.05) is 79.2 Å². The van der Waals surface area contributed by atoms with Gasteiger partial charge in [-0.3, -0.25) is 14.5 Å². The highest BCUT2D eigenvalue weighted by Crippen LogP contribution is 2.40. The van der Waals surface area contributed by atoms with Gasteiger partial charge in [0.2, 0.25) is 11.8 Å². The Labute approximate surface area is 318 Å². The van der Waals surface area contributed by atoms with Gasteiger partial charge in [0, 0.05) is 58.1 Å². The molecule has 0 unspecified atom stereocenters. The lowest BCUT2D eigenvalue weighted by Gasteiger charge is -2.39. The van der Waals surface area contributed by atoms with Crippen molar-refractivity contribution in [1.82, 2.24) is 15.5 Å². The minimum Gasteiger partial charge on any atom is -0.493 e. The Hall–Kier alpha value is -4.74. The highest BCUT2D eigenvalue weighted by molar-refractivity contribution is 5.76. The summed E-state index contributed by atoms with van der Waals surface area (Å²) in [5.41, 5.74) is 8.53. The van der Waals surface area contributed by atoms with Crippen LogP contribution in [0.1, 0.15) is 84.8 Å². The van der Waals surface area contributed by atoms with Gasteiger partial charge in [-0.15, -0.1) is 0 Å². The van der Waals surface area contributed by atoms with Gasteiger partial charge in [0.15, 0.2) is 17.8 Å². The molecule has 0 radical (unpaired) electrons. The zero-order valence-corrected chi connectivity index (χ0v) is 31.6. The van der Waals surface area contributed by atoms with Crippen molar-refractivity contribution in [3.63, 3.8) is 0 Å². The summed E-state index contributed by atoms with van der Waals surface area (Å²) >= 11 is 0. The molecule has 0 bridgehead atoms. The SMILES string of the molecule is COc1cc2c(cc1OC)CN(C[C@H]1C[C@@H](c3ccc(CO)cc3)O[C@@H](c3ccc(-c4ccccc4CNC(=O)CCCCCNC(C)=O)cc3)O1)CC2. The fraction of sp³-hybridized carbons (Fsp3) is 0.409. The Bertz CT molecular complexity index is 1850. The lowest BCUT2D eigenvalue weighted by atomic mass is 9.96. The first-order valence-electron chi connectivity index (χ1n) is 19.0. The topological polar surface area (TPSA) is 119 Å². The molecular weight excluding hydrogens is 682 g/mol. The number of nitrogens with one attached hydrogen (secondary N) is 2. The lowest BCUT2D eigenvalue weighted by molar-refractivity contribution is -0.253. The van der Waals surface area contributed by atoms with Gasteiger partial charge in [-0.2, -0.15) is 0 Å². The van der Waals surface area contributed by atoms with E-state index in [-0.39, 0.29) is 30.6 Å². The number of methoxy groups -OCH3 is 2. The Morgan fingerprint density at radius 1 is 0.852 bits per heavy atom. The van der Waals surface area contributed by atoms with Crippen molar-refractivity contribution in [2.45, 2.75) is 83.6 Å². The molecule has 2 amide bonds. The third kappa shape index (κ3) is 10.3. The Balaban J connectivity index is 1.12. The highest BCUT2D eigenvalue weighted by Gasteiger charge is 2.34. The van der Waals surface area contributed by atoms with Crippen LogP contribution in [0, 0.1) is 0 Å². The first-order chi connectivity index (χ1) is 26.3. The number of carbonyl (C=O) groups excluding carboxylic acids is 2. The number of rotatable bonds is 16. The number of aliphatic hydroxyl groups is 1. The number of unbranched alkanes of at least 4 members (excludes halogenated alkanes) is 2. The number of carbonyl (C=O) groups is 2. The van der Waals surface area contributed by atoms with Crippen LogP contribution >= 0.6 is 0 Å². The molecule has 4 aromatic rings. The van der Waals surface area contributed by atoms with Gasteiger partial charge in [0.05, 0.1) is 33.0 Å². The number of ether oxygens (including phenoxy) is 4. The van der Waals surface area contributed by atoms with Crippen molar-refractivity contribution < 1.29 is 33.6 Å². The number of nitrogens with zero attached hydrogens (tertiary/aromatic N) is 1. The molecular formula is C44H53N3O7. The van der Waals surface area contributed by atoms with Crippen molar-refractivity contribution >= 4 is 11.8 Å². The quantitative estimate of drug-likeness (QED) is 0.108. The van der Waals surface area contributed by atoms with Gasteiger partial charge < -0.3 is 34.7 Å². The number of amides is 2. The van der Waals surface area contributed by atoms with Crippen molar-refractivity contribution in [1.29, 1.82) is 0 Å². The second kappa shape index (κ2) is 19.0. The van der Waals surface area contributed by atoms with Crippen LogP contribution in [0.15, 0.2) is 84.9 Å². The molecule has 10 heteroatoms. The Kier molecular flexibility index (Phi) is 13.7. The van der Waals surface area contributed by atoms with Crippen LogP contribution in [0.25, 0.3) is 11.1 Å². The third-order valence-electron chi connectivity index (χ3n) is 10.3. The molecule has 2 aliphatic rings. The van der Waals surface area contributed by atoms with Gasteiger partial charge >= 0.3 is 0 Å². The summed E-state index contributed by atoms with van der Waals surface area (Å²) < 4.78 is 24.5. The van der Waals surface area contributed by atoms with Crippen LogP contribution in [-0.2, 0) is 45.2 Å². The Morgan fingerprint density at radius 2 is 1.57 bits per heavy atom. The predicted octanol–water partition coefficient (Wildman–Crippen LogP) is 6.78. The van der Waals surface area contributed by atoms with Crippen molar-refractivity contribution in [3.05, 3.63) is 118 Å². The molecule has 1 saturated heterocycles. The summed E-state index contributed by atoms with van der Waals surface area (Å²) in [6.45, 7) is 5.06. The van der Waals surface area contributed by atoms with Crippen LogP contribution in [0.4, 0.5) is 0 Å². The summed E-state index contributed by atoms with van der Waals surface area (Å²) in [5.74, 6) is 1.50. The number of fused-ring (bicyclic) bond motifs is 1. The molecule has 4 aromatic carbocycles. The van der Waals surface area contributed by atoms with E-state index in [4.69, 9.17) is 18.9 Å². The largest absolute Gasteiger partial charge is 0.493 e. The van der Waals surface area contributed by atoms with E-state index in [0.29, 0.717) is 25.9 Å². The lowest BCUT2D eigenvalue weighted by Crippen LogP contribution is -2.41. The maximum absolute atomic E-state index is 12.6. The normalized spacial score (nSPS) is 18.4. The van der Waals surface area contributed by atoms with E-state index >= 15 is 0 Å². The molecule has 6 rings (SSSR count). The van der Waals surface area contributed by atoms with Crippen molar-refractivity contribution in [2.24, 2.45) is 0 Å². The van der Waals surface area contributed by atoms with E-state index in [1.165, 1.54) is 18.1 Å². The first kappa shape index (κ1) is 39.0. The summed E-state index contributed by atoms with van der Waals surface area (Å²) in [4.78, 5) is 26.1. The molecule has 0 aromatic heterocycles. The van der Waals surface area contributed by atoms with Gasteiger partial charge in [-0.05, 0) is 70.3 Å². The van der Waals surface area contributed by atoms with E-state index in [2.05, 4.69) is 58.0 Å². The molecule has 3 N–H and O–H groups in total. The van der Waals surface area contributed by atoms with E-state index in [0.717, 1.165) is 90.2 Å². The van der Waals surface area contributed by atoms with Crippen LogP contribution in [0.2, 0.25) is 0 Å². The fourth-order valence-electron chi connectivity index (χ4n) is 7.33. The van der Waals surface area contributed by atoms with E-state index in [1.54, 1.807) is 14.2 Å². The maximum Gasteiger partial charge on any atom is 0.220 e. The average Bonchev–Trinajstić information content (AvgIpc) is 3.20. The second-order valence-corrected chi connectivity index (χ2v) is 14.2. The Morgan fingerprint density at radius 3 is 2.30 bits per heavy atom. The molecule has 3 atom stereocenters. The van der Waals surface area contributed by atoms with Gasteiger partial charge in [0.1, 0.15) is 0 Å². The van der Waals surface area contributed by atoms with Crippen LogP contribution in [0.3, 0.4) is 0 Å². The third-order valence-corrected chi connectivity index (χ3v) is 10.3. The van der Waals surface area contributed by atoms with Gasteiger partial charge in [-0.25, -0.2) is 0 Å². The molecule has 0 spiro atoms. The predicted molar refractivity (Wildman–Crippen MR) is 208 cm³/mol. The zero-order valence-electron chi connectivity index (χ0n) is 31.6. The molecule has 1 fully saturated rings. The number of hydrogen-bond acceptors (Lipinski definition) is 8. The van der Waals surface area contributed by atoms with Crippen LogP contribution in [-0.4, -0.2) is 61.8 Å². The van der Waals surface area contributed by atoms with E-state index < -0.39 is 6.29 Å². The monoisotopic (exact) mass is 735 g/mol. The molecule has 54 heavy (non-hydrogen) atoms. The van der Waals surface area contributed by atoms with Crippen LogP contribution < -0.4 is 20.1 Å².